The predicted octanol–water partition coefficient (Wildman–Crippen LogP) is 3.42. The fourth-order valence-electron chi connectivity index (χ4n) is 2.83. The standard InChI is InChI=1S/C18H23NO2/c1-12(2)16(11-13(3)18(20)21-4)17-15-8-6-5-7-14(15)9-10-19-17/h5-8,12,16H,3,9-11H2,1-2,4H3. The van der Waals surface area contributed by atoms with E-state index in [1.165, 1.54) is 18.2 Å². The number of aliphatic imine (C=N–C) groups is 1. The Balaban J connectivity index is 2.29. The molecule has 1 aromatic rings. The van der Waals surface area contributed by atoms with Crippen molar-refractivity contribution in [1.29, 1.82) is 0 Å². The van der Waals surface area contributed by atoms with E-state index < -0.39 is 0 Å². The molecule has 1 aliphatic heterocycles. The van der Waals surface area contributed by atoms with Gasteiger partial charge in [0, 0.05) is 23.7 Å². The van der Waals surface area contributed by atoms with Crippen LogP contribution in [-0.4, -0.2) is 25.3 Å². The number of methoxy groups -OCH3 is 1. The Kier molecular flexibility index (Phi) is 4.94. The van der Waals surface area contributed by atoms with Crippen molar-refractivity contribution in [2.45, 2.75) is 26.7 Å². The number of carbonyl (C=O) groups is 1. The maximum Gasteiger partial charge on any atom is 0.333 e. The van der Waals surface area contributed by atoms with E-state index in [1.54, 1.807) is 0 Å². The Labute approximate surface area is 126 Å². The third-order valence-corrected chi connectivity index (χ3v) is 4.05. The minimum atomic E-state index is -0.328. The van der Waals surface area contributed by atoms with Crippen molar-refractivity contribution < 1.29 is 9.53 Å². The van der Waals surface area contributed by atoms with Gasteiger partial charge in [0.1, 0.15) is 0 Å². The first-order valence-corrected chi connectivity index (χ1v) is 7.43. The van der Waals surface area contributed by atoms with E-state index in [4.69, 9.17) is 9.73 Å². The van der Waals surface area contributed by atoms with Crippen molar-refractivity contribution in [3.63, 3.8) is 0 Å². The summed E-state index contributed by atoms with van der Waals surface area (Å²) in [5.74, 6) is 0.250. The summed E-state index contributed by atoms with van der Waals surface area (Å²) in [7, 11) is 1.39. The van der Waals surface area contributed by atoms with Gasteiger partial charge in [-0.15, -0.1) is 0 Å². The van der Waals surface area contributed by atoms with Crippen LogP contribution in [0.5, 0.6) is 0 Å². The van der Waals surface area contributed by atoms with Crippen LogP contribution < -0.4 is 0 Å². The molecule has 21 heavy (non-hydrogen) atoms. The normalized spacial score (nSPS) is 15.1. The first-order valence-electron chi connectivity index (χ1n) is 7.43. The van der Waals surface area contributed by atoms with Gasteiger partial charge in [-0.05, 0) is 29.9 Å². The molecule has 0 saturated heterocycles. The second-order valence-corrected chi connectivity index (χ2v) is 5.82. The summed E-state index contributed by atoms with van der Waals surface area (Å²) in [6.45, 7) is 9.01. The summed E-state index contributed by atoms with van der Waals surface area (Å²) in [4.78, 5) is 16.4. The topological polar surface area (TPSA) is 38.7 Å². The van der Waals surface area contributed by atoms with Crippen LogP contribution >= 0.6 is 0 Å². The second-order valence-electron chi connectivity index (χ2n) is 5.82. The lowest BCUT2D eigenvalue weighted by molar-refractivity contribution is -0.136. The highest BCUT2D eigenvalue weighted by molar-refractivity contribution is 6.05. The molecule has 0 bridgehead atoms. The van der Waals surface area contributed by atoms with Crippen LogP contribution in [0.1, 0.15) is 31.4 Å². The van der Waals surface area contributed by atoms with Gasteiger partial charge >= 0.3 is 5.97 Å². The summed E-state index contributed by atoms with van der Waals surface area (Å²) in [6.07, 6.45) is 1.58. The van der Waals surface area contributed by atoms with E-state index in [-0.39, 0.29) is 11.9 Å². The third-order valence-electron chi connectivity index (χ3n) is 4.05. The van der Waals surface area contributed by atoms with Crippen LogP contribution in [0, 0.1) is 11.8 Å². The maximum atomic E-state index is 11.6. The predicted molar refractivity (Wildman–Crippen MR) is 85.7 cm³/mol. The number of fused-ring (bicyclic) bond motifs is 1. The fourth-order valence-corrected chi connectivity index (χ4v) is 2.83. The number of hydrogen-bond donors (Lipinski definition) is 0. The highest BCUT2D eigenvalue weighted by atomic mass is 16.5. The highest BCUT2D eigenvalue weighted by Gasteiger charge is 2.27. The van der Waals surface area contributed by atoms with Gasteiger partial charge < -0.3 is 4.74 Å². The minimum Gasteiger partial charge on any atom is -0.466 e. The van der Waals surface area contributed by atoms with E-state index in [9.17, 15) is 4.79 Å². The first kappa shape index (κ1) is 15.5. The van der Waals surface area contributed by atoms with Gasteiger partial charge in [-0.25, -0.2) is 4.79 Å². The molecule has 0 N–H and O–H groups in total. The van der Waals surface area contributed by atoms with Crippen LogP contribution in [-0.2, 0) is 16.0 Å². The molecule has 0 spiro atoms. The molecule has 0 amide bonds. The number of benzene rings is 1. The van der Waals surface area contributed by atoms with Crippen LogP contribution in [0.2, 0.25) is 0 Å². The lowest BCUT2D eigenvalue weighted by Gasteiger charge is -2.27. The molecule has 3 nitrogen and oxygen atoms in total. The van der Waals surface area contributed by atoms with Crippen molar-refractivity contribution in [3.8, 4) is 0 Å². The highest BCUT2D eigenvalue weighted by Crippen LogP contribution is 2.29. The smallest absolute Gasteiger partial charge is 0.333 e. The molecule has 0 saturated carbocycles. The number of rotatable bonds is 5. The molecule has 2 rings (SSSR count). The van der Waals surface area contributed by atoms with Gasteiger partial charge in [0.15, 0.2) is 0 Å². The molecule has 0 aromatic heterocycles. The maximum absolute atomic E-state index is 11.6. The lowest BCUT2D eigenvalue weighted by Crippen LogP contribution is -2.27. The Morgan fingerprint density at radius 2 is 2.10 bits per heavy atom. The van der Waals surface area contributed by atoms with E-state index in [2.05, 4.69) is 38.6 Å². The van der Waals surface area contributed by atoms with Crippen LogP contribution in [0.25, 0.3) is 0 Å². The average molecular weight is 285 g/mol. The zero-order valence-corrected chi connectivity index (χ0v) is 13.1. The van der Waals surface area contributed by atoms with Crippen LogP contribution in [0.15, 0.2) is 41.4 Å². The molecule has 3 heteroatoms. The SMILES string of the molecule is C=C(CC(C1=NCCc2ccccc21)C(C)C)C(=O)OC. The summed E-state index contributed by atoms with van der Waals surface area (Å²) < 4.78 is 4.77. The summed E-state index contributed by atoms with van der Waals surface area (Å²) in [6, 6.07) is 8.41. The number of hydrogen-bond acceptors (Lipinski definition) is 3. The van der Waals surface area contributed by atoms with Crippen molar-refractivity contribution >= 4 is 11.7 Å². The zero-order valence-electron chi connectivity index (χ0n) is 13.1. The van der Waals surface area contributed by atoms with Gasteiger partial charge in [0.05, 0.1) is 7.11 Å². The summed E-state index contributed by atoms with van der Waals surface area (Å²) in [5.41, 5.74) is 4.19. The van der Waals surface area contributed by atoms with Crippen LogP contribution in [0.3, 0.4) is 0 Å². The van der Waals surface area contributed by atoms with E-state index >= 15 is 0 Å². The Morgan fingerprint density at radius 1 is 1.38 bits per heavy atom. The van der Waals surface area contributed by atoms with Gasteiger partial charge in [0.25, 0.3) is 0 Å². The monoisotopic (exact) mass is 285 g/mol. The second kappa shape index (κ2) is 6.70. The number of carbonyl (C=O) groups excluding carboxylic acids is 1. The molecule has 0 fully saturated rings. The molecular formula is C18H23NO2. The van der Waals surface area contributed by atoms with Crippen LogP contribution in [0.4, 0.5) is 0 Å². The Hall–Kier alpha value is -1.90. The fraction of sp³-hybridized carbons (Fsp3) is 0.444. The molecule has 1 heterocycles. The zero-order chi connectivity index (χ0) is 15.4. The van der Waals surface area contributed by atoms with E-state index in [0.29, 0.717) is 17.9 Å². The molecule has 0 radical (unpaired) electrons. The summed E-state index contributed by atoms with van der Waals surface area (Å²) in [5, 5.41) is 0. The van der Waals surface area contributed by atoms with Gasteiger partial charge in [-0.1, -0.05) is 44.7 Å². The number of esters is 1. The van der Waals surface area contributed by atoms with Crippen molar-refractivity contribution in [2.24, 2.45) is 16.8 Å². The van der Waals surface area contributed by atoms with Gasteiger partial charge in [-0.2, -0.15) is 0 Å². The third kappa shape index (κ3) is 3.41. The molecule has 1 aromatic carbocycles. The molecule has 112 valence electrons. The molecule has 1 atom stereocenters. The van der Waals surface area contributed by atoms with Gasteiger partial charge in [0.2, 0.25) is 0 Å². The quantitative estimate of drug-likeness (QED) is 0.614. The van der Waals surface area contributed by atoms with E-state index in [0.717, 1.165) is 18.7 Å². The van der Waals surface area contributed by atoms with Crippen molar-refractivity contribution in [1.82, 2.24) is 0 Å². The molecule has 1 aliphatic rings. The summed E-state index contributed by atoms with van der Waals surface area (Å²) >= 11 is 0. The van der Waals surface area contributed by atoms with Gasteiger partial charge in [-0.3, -0.25) is 4.99 Å². The number of nitrogens with zero attached hydrogens (tertiary/aromatic N) is 1. The minimum absolute atomic E-state index is 0.193. The Morgan fingerprint density at radius 3 is 2.76 bits per heavy atom. The Bertz CT molecular complexity index is 572. The molecule has 1 unspecified atom stereocenters. The number of ether oxygens (including phenoxy) is 1. The lowest BCUT2D eigenvalue weighted by atomic mass is 9.80. The van der Waals surface area contributed by atoms with Crippen molar-refractivity contribution in [3.05, 3.63) is 47.5 Å². The molecular weight excluding hydrogens is 262 g/mol. The first-order chi connectivity index (χ1) is 10.0. The van der Waals surface area contributed by atoms with Crippen molar-refractivity contribution in [2.75, 3.05) is 13.7 Å². The largest absolute Gasteiger partial charge is 0.466 e. The van der Waals surface area contributed by atoms with E-state index in [1.807, 2.05) is 6.07 Å². The molecule has 0 aliphatic carbocycles. The average Bonchev–Trinajstić information content (AvgIpc) is 2.50.